The highest BCUT2D eigenvalue weighted by atomic mass is 32.2. The van der Waals surface area contributed by atoms with E-state index >= 15 is 0 Å². The molecule has 1 aliphatic heterocycles. The van der Waals surface area contributed by atoms with Gasteiger partial charge in [0, 0.05) is 13.5 Å². The van der Waals surface area contributed by atoms with Crippen molar-refractivity contribution < 1.29 is 13.2 Å². The number of nitriles is 1. The number of aromatic nitrogens is 3. The Balaban J connectivity index is 1.54. The van der Waals surface area contributed by atoms with Gasteiger partial charge in [0.15, 0.2) is 15.0 Å². The van der Waals surface area contributed by atoms with Crippen molar-refractivity contribution in [2.45, 2.75) is 49.2 Å². The van der Waals surface area contributed by atoms with Gasteiger partial charge >= 0.3 is 0 Å². The molecule has 3 rings (SSSR count). The normalized spacial score (nSPS) is 23.6. The fraction of sp³-hybridized carbons (Fsp3) is 0.750. The lowest BCUT2D eigenvalue weighted by atomic mass is 10.0. The van der Waals surface area contributed by atoms with Crippen LogP contribution in [-0.2, 0) is 28.1 Å². The minimum absolute atomic E-state index is 0.0851. The van der Waals surface area contributed by atoms with Crippen molar-refractivity contribution >= 4 is 27.5 Å². The molecule has 142 valence electrons. The third kappa shape index (κ3) is 4.38. The van der Waals surface area contributed by atoms with Gasteiger partial charge in [0.05, 0.1) is 23.3 Å². The molecule has 0 radical (unpaired) electrons. The van der Waals surface area contributed by atoms with Crippen LogP contribution in [-0.4, -0.2) is 51.9 Å². The van der Waals surface area contributed by atoms with Crippen LogP contribution < -0.4 is 5.32 Å². The van der Waals surface area contributed by atoms with Gasteiger partial charge in [-0.3, -0.25) is 4.79 Å². The average Bonchev–Trinajstić information content (AvgIpc) is 3.28. The summed E-state index contributed by atoms with van der Waals surface area (Å²) in [6.07, 6.45) is 4.58. The van der Waals surface area contributed by atoms with Crippen LogP contribution in [0.25, 0.3) is 0 Å². The second kappa shape index (κ2) is 7.56. The van der Waals surface area contributed by atoms with Crippen molar-refractivity contribution in [1.82, 2.24) is 20.1 Å². The van der Waals surface area contributed by atoms with Crippen LogP contribution in [0, 0.1) is 17.2 Å². The lowest BCUT2D eigenvalue weighted by Gasteiger charge is -2.21. The monoisotopic (exact) mass is 397 g/mol. The Kier molecular flexibility index (Phi) is 5.58. The lowest BCUT2D eigenvalue weighted by molar-refractivity contribution is -0.119. The van der Waals surface area contributed by atoms with E-state index < -0.39 is 15.4 Å². The zero-order valence-corrected chi connectivity index (χ0v) is 16.4. The van der Waals surface area contributed by atoms with E-state index in [1.165, 1.54) is 11.8 Å². The molecule has 1 saturated carbocycles. The first-order chi connectivity index (χ1) is 12.3. The number of thioether (sulfide) groups is 1. The van der Waals surface area contributed by atoms with E-state index in [-0.39, 0.29) is 29.1 Å². The van der Waals surface area contributed by atoms with Gasteiger partial charge in [-0.25, -0.2) is 8.42 Å². The van der Waals surface area contributed by atoms with Crippen LogP contribution in [0.3, 0.4) is 0 Å². The number of hydrogen-bond donors (Lipinski definition) is 1. The molecule has 26 heavy (non-hydrogen) atoms. The largest absolute Gasteiger partial charge is 0.337 e. The van der Waals surface area contributed by atoms with Crippen molar-refractivity contribution in [2.75, 3.05) is 17.3 Å². The minimum atomic E-state index is -2.90. The van der Waals surface area contributed by atoms with Gasteiger partial charge in [-0.2, -0.15) is 5.26 Å². The van der Waals surface area contributed by atoms with E-state index in [1.807, 2.05) is 11.6 Å². The molecule has 1 atom stereocenters. The van der Waals surface area contributed by atoms with Crippen molar-refractivity contribution in [3.05, 3.63) is 5.82 Å². The third-order valence-electron chi connectivity index (χ3n) is 5.11. The highest BCUT2D eigenvalue weighted by Gasteiger charge is 2.35. The molecule has 2 fully saturated rings. The van der Waals surface area contributed by atoms with Crippen LogP contribution in [0.15, 0.2) is 5.16 Å². The van der Waals surface area contributed by atoms with E-state index in [0.29, 0.717) is 30.8 Å². The maximum Gasteiger partial charge on any atom is 0.231 e. The van der Waals surface area contributed by atoms with E-state index in [9.17, 15) is 18.5 Å². The molecule has 1 aromatic heterocycles. The molecule has 1 N–H and O–H groups in total. The number of carbonyl (C=O) groups is 1. The first-order valence-electron chi connectivity index (χ1n) is 8.76. The molecule has 0 bridgehead atoms. The number of nitrogens with one attached hydrogen (secondary N) is 1. The number of amides is 1. The lowest BCUT2D eigenvalue weighted by Crippen LogP contribution is -2.45. The number of sulfone groups is 1. The Morgan fingerprint density at radius 1 is 1.42 bits per heavy atom. The summed E-state index contributed by atoms with van der Waals surface area (Å²) >= 11 is 1.28. The molecule has 8 nitrogen and oxygen atoms in total. The van der Waals surface area contributed by atoms with Gasteiger partial charge in [0.1, 0.15) is 11.4 Å². The summed E-state index contributed by atoms with van der Waals surface area (Å²) in [6, 6.07) is 2.25. The van der Waals surface area contributed by atoms with Gasteiger partial charge in [0.2, 0.25) is 5.91 Å². The standard InChI is InChI=1S/C16H23N5O3S2/c1-21-13(8-12-4-7-26(23,24)10-12)19-20-15(21)25-9-14(22)18-16(11-17)5-2-3-6-16/h12H,2-10H2,1H3,(H,18,22)/t12-/m0/s1. The molecule has 10 heteroatoms. The van der Waals surface area contributed by atoms with Crippen LogP contribution in [0.1, 0.15) is 37.9 Å². The molecule has 2 heterocycles. The number of hydrogen-bond acceptors (Lipinski definition) is 7. The number of carbonyl (C=O) groups excluding carboxylic acids is 1. The predicted molar refractivity (Wildman–Crippen MR) is 97.1 cm³/mol. The van der Waals surface area contributed by atoms with Gasteiger partial charge in [-0.1, -0.05) is 11.8 Å². The summed E-state index contributed by atoms with van der Waals surface area (Å²) < 4.78 is 25.0. The Morgan fingerprint density at radius 3 is 2.77 bits per heavy atom. The molecule has 1 amide bonds. The van der Waals surface area contributed by atoms with E-state index in [2.05, 4.69) is 21.6 Å². The first kappa shape index (κ1) is 19.2. The molecular weight excluding hydrogens is 374 g/mol. The Labute approximate surface area is 157 Å². The van der Waals surface area contributed by atoms with E-state index in [1.54, 1.807) is 0 Å². The molecule has 0 spiro atoms. The van der Waals surface area contributed by atoms with E-state index in [4.69, 9.17) is 0 Å². The van der Waals surface area contributed by atoms with Gasteiger partial charge in [0.25, 0.3) is 0 Å². The highest BCUT2D eigenvalue weighted by molar-refractivity contribution is 7.99. The number of rotatable bonds is 6. The Hall–Kier alpha value is -1.60. The third-order valence-corrected chi connectivity index (χ3v) is 7.96. The SMILES string of the molecule is Cn1c(C[C@@H]2CCS(=O)(=O)C2)nnc1SCC(=O)NC1(C#N)CCCC1. The maximum absolute atomic E-state index is 12.2. The zero-order valence-electron chi connectivity index (χ0n) is 14.8. The molecule has 1 aromatic rings. The Morgan fingerprint density at radius 2 is 2.15 bits per heavy atom. The van der Waals surface area contributed by atoms with Gasteiger partial charge < -0.3 is 9.88 Å². The topological polar surface area (TPSA) is 118 Å². The number of nitrogens with zero attached hydrogens (tertiary/aromatic N) is 4. The molecular formula is C16H23N5O3S2. The van der Waals surface area contributed by atoms with Gasteiger partial charge in [-0.15, -0.1) is 10.2 Å². The predicted octanol–water partition coefficient (Wildman–Crippen LogP) is 0.837. The van der Waals surface area contributed by atoms with Crippen molar-refractivity contribution in [3.8, 4) is 6.07 Å². The maximum atomic E-state index is 12.2. The molecule has 1 saturated heterocycles. The van der Waals surface area contributed by atoms with Crippen LogP contribution >= 0.6 is 11.8 Å². The molecule has 2 aliphatic rings. The zero-order chi connectivity index (χ0) is 18.8. The van der Waals surface area contributed by atoms with Gasteiger partial charge in [-0.05, 0) is 38.0 Å². The Bertz CT molecular complexity index is 821. The summed E-state index contributed by atoms with van der Waals surface area (Å²) in [5, 5.41) is 21.1. The second-order valence-electron chi connectivity index (χ2n) is 7.17. The minimum Gasteiger partial charge on any atom is -0.337 e. The van der Waals surface area contributed by atoms with Crippen LogP contribution in [0.5, 0.6) is 0 Å². The summed E-state index contributed by atoms with van der Waals surface area (Å²) in [6.45, 7) is 0. The smallest absolute Gasteiger partial charge is 0.231 e. The quantitative estimate of drug-likeness (QED) is 0.707. The fourth-order valence-electron chi connectivity index (χ4n) is 3.62. The molecule has 0 aromatic carbocycles. The average molecular weight is 398 g/mol. The van der Waals surface area contributed by atoms with Crippen molar-refractivity contribution in [1.29, 1.82) is 5.26 Å². The van der Waals surface area contributed by atoms with E-state index in [0.717, 1.165) is 18.7 Å². The van der Waals surface area contributed by atoms with Crippen LogP contribution in [0.2, 0.25) is 0 Å². The van der Waals surface area contributed by atoms with Crippen LogP contribution in [0.4, 0.5) is 0 Å². The fourth-order valence-corrected chi connectivity index (χ4v) is 6.21. The molecule has 0 unspecified atom stereocenters. The molecule has 1 aliphatic carbocycles. The van der Waals surface area contributed by atoms with Crippen molar-refractivity contribution in [2.24, 2.45) is 13.0 Å². The highest BCUT2D eigenvalue weighted by Crippen LogP contribution is 2.29. The summed E-state index contributed by atoms with van der Waals surface area (Å²) in [5.74, 6) is 1.28. The summed E-state index contributed by atoms with van der Waals surface area (Å²) in [7, 11) is -1.08. The van der Waals surface area contributed by atoms with Crippen molar-refractivity contribution in [3.63, 3.8) is 0 Å². The summed E-state index contributed by atoms with van der Waals surface area (Å²) in [4.78, 5) is 12.2. The second-order valence-corrected chi connectivity index (χ2v) is 10.3. The first-order valence-corrected chi connectivity index (χ1v) is 11.6. The summed E-state index contributed by atoms with van der Waals surface area (Å²) in [5.41, 5.74) is -0.712.